The van der Waals surface area contributed by atoms with E-state index in [0.29, 0.717) is 29.6 Å². The van der Waals surface area contributed by atoms with Crippen molar-refractivity contribution in [2.75, 3.05) is 26.4 Å². The number of esters is 1. The van der Waals surface area contributed by atoms with E-state index in [-0.39, 0.29) is 31.1 Å². The summed E-state index contributed by atoms with van der Waals surface area (Å²) in [4.78, 5) is 26.4. The van der Waals surface area contributed by atoms with Crippen LogP contribution >= 0.6 is 11.6 Å². The lowest BCUT2D eigenvalue weighted by atomic mass is 10.1. The maximum atomic E-state index is 13.0. The van der Waals surface area contributed by atoms with Gasteiger partial charge in [-0.2, -0.15) is 5.10 Å². The summed E-state index contributed by atoms with van der Waals surface area (Å²) in [5, 5.41) is 5.26. The Kier molecular flexibility index (Phi) is 4.42. The first kappa shape index (κ1) is 17.1. The topological polar surface area (TPSA) is 73.7 Å². The van der Waals surface area contributed by atoms with Crippen molar-refractivity contribution in [3.8, 4) is 11.3 Å². The van der Waals surface area contributed by atoms with Gasteiger partial charge in [0.25, 0.3) is 5.91 Å². The molecule has 1 saturated heterocycles. The molecule has 1 amide bonds. The molecule has 3 heterocycles. The van der Waals surface area contributed by atoms with Crippen molar-refractivity contribution in [1.29, 1.82) is 0 Å². The van der Waals surface area contributed by atoms with Crippen molar-refractivity contribution >= 4 is 23.5 Å². The summed E-state index contributed by atoms with van der Waals surface area (Å²) in [6, 6.07) is 8.70. The Labute approximate surface area is 155 Å². The molecule has 0 spiro atoms. The van der Waals surface area contributed by atoms with Crippen LogP contribution in [0, 0.1) is 0 Å². The molecule has 26 heavy (non-hydrogen) atoms. The summed E-state index contributed by atoms with van der Waals surface area (Å²) in [5.41, 5.74) is 2.01. The van der Waals surface area contributed by atoms with Crippen molar-refractivity contribution in [3.05, 3.63) is 41.0 Å². The molecule has 2 aromatic rings. The predicted molar refractivity (Wildman–Crippen MR) is 94.0 cm³/mol. The third-order valence-electron chi connectivity index (χ3n) is 4.70. The summed E-state index contributed by atoms with van der Waals surface area (Å²) >= 11 is 5.94. The molecule has 0 saturated carbocycles. The van der Waals surface area contributed by atoms with Gasteiger partial charge in [0.1, 0.15) is 12.2 Å². The van der Waals surface area contributed by atoms with Crippen molar-refractivity contribution < 1.29 is 19.1 Å². The number of ether oxygens (including phenoxy) is 2. The summed E-state index contributed by atoms with van der Waals surface area (Å²) in [7, 11) is 0. The van der Waals surface area contributed by atoms with Gasteiger partial charge in [-0.15, -0.1) is 0 Å². The average Bonchev–Trinajstić information content (AvgIpc) is 3.26. The Morgan fingerprint density at radius 1 is 1.31 bits per heavy atom. The van der Waals surface area contributed by atoms with Crippen LogP contribution in [0.3, 0.4) is 0 Å². The molecule has 2 aliphatic heterocycles. The molecule has 2 aliphatic rings. The molecule has 1 aromatic carbocycles. The molecule has 0 radical (unpaired) electrons. The third kappa shape index (κ3) is 2.87. The van der Waals surface area contributed by atoms with Crippen LogP contribution in [-0.2, 0) is 14.3 Å². The molecular weight excluding hydrogens is 358 g/mol. The molecule has 4 rings (SSSR count). The second kappa shape index (κ2) is 6.74. The molecular formula is C18H18ClN3O4. The van der Waals surface area contributed by atoms with Gasteiger partial charge in [-0.05, 0) is 25.1 Å². The van der Waals surface area contributed by atoms with E-state index >= 15 is 0 Å². The summed E-state index contributed by atoms with van der Waals surface area (Å²) in [6.45, 7) is 2.77. The van der Waals surface area contributed by atoms with E-state index in [1.54, 1.807) is 29.8 Å². The van der Waals surface area contributed by atoms with E-state index in [2.05, 4.69) is 5.10 Å². The lowest BCUT2D eigenvalue weighted by Gasteiger charge is -2.35. The first-order valence-electron chi connectivity index (χ1n) is 8.48. The second-order valence-corrected chi connectivity index (χ2v) is 6.71. The number of benzene rings is 1. The molecule has 136 valence electrons. The van der Waals surface area contributed by atoms with E-state index in [1.807, 2.05) is 12.1 Å². The van der Waals surface area contributed by atoms with Crippen LogP contribution in [0.5, 0.6) is 0 Å². The number of nitrogens with zero attached hydrogens (tertiary/aromatic N) is 3. The van der Waals surface area contributed by atoms with Gasteiger partial charge in [0.05, 0.1) is 37.6 Å². The van der Waals surface area contributed by atoms with Crippen LogP contribution < -0.4 is 0 Å². The molecule has 2 unspecified atom stereocenters. The quantitative estimate of drug-likeness (QED) is 0.766. The second-order valence-electron chi connectivity index (χ2n) is 6.28. The fourth-order valence-electron chi connectivity index (χ4n) is 3.46. The first-order chi connectivity index (χ1) is 12.6. The molecule has 1 fully saturated rings. The molecule has 2 atom stereocenters. The molecule has 8 heteroatoms. The van der Waals surface area contributed by atoms with Gasteiger partial charge >= 0.3 is 5.97 Å². The number of amides is 1. The smallest absolute Gasteiger partial charge is 0.325 e. The summed E-state index contributed by atoms with van der Waals surface area (Å²) in [6.07, 6.45) is 0. The van der Waals surface area contributed by atoms with Gasteiger partial charge in [0.15, 0.2) is 0 Å². The Bertz CT molecular complexity index is 849. The maximum absolute atomic E-state index is 13.0. The number of carbonyl (C=O) groups is 2. The minimum atomic E-state index is -0.419. The summed E-state index contributed by atoms with van der Waals surface area (Å²) in [5.74, 6) is -0.657. The number of halogens is 1. The van der Waals surface area contributed by atoms with E-state index in [0.717, 1.165) is 5.56 Å². The largest absolute Gasteiger partial charge is 0.465 e. The van der Waals surface area contributed by atoms with Gasteiger partial charge in [-0.25, -0.2) is 0 Å². The lowest BCUT2D eigenvalue weighted by molar-refractivity contribution is -0.144. The monoisotopic (exact) mass is 375 g/mol. The Balaban J connectivity index is 1.69. The van der Waals surface area contributed by atoms with Gasteiger partial charge < -0.3 is 14.4 Å². The molecule has 7 nitrogen and oxygen atoms in total. The highest BCUT2D eigenvalue weighted by Crippen LogP contribution is 2.34. The molecule has 0 aliphatic carbocycles. The van der Waals surface area contributed by atoms with Crippen LogP contribution in [0.2, 0.25) is 5.02 Å². The van der Waals surface area contributed by atoms with Crippen LogP contribution in [0.1, 0.15) is 23.5 Å². The Morgan fingerprint density at radius 3 is 2.77 bits per heavy atom. The van der Waals surface area contributed by atoms with Crippen LogP contribution in [-0.4, -0.2) is 59.0 Å². The van der Waals surface area contributed by atoms with Crippen molar-refractivity contribution in [3.63, 3.8) is 0 Å². The van der Waals surface area contributed by atoms with E-state index < -0.39 is 5.97 Å². The number of fused-ring (bicyclic) bond motifs is 3. The van der Waals surface area contributed by atoms with Gasteiger partial charge in [-0.3, -0.25) is 14.3 Å². The first-order valence-corrected chi connectivity index (χ1v) is 8.86. The minimum Gasteiger partial charge on any atom is -0.465 e. The van der Waals surface area contributed by atoms with Crippen LogP contribution in [0.25, 0.3) is 11.3 Å². The Hall–Kier alpha value is -2.38. The van der Waals surface area contributed by atoms with Gasteiger partial charge in [0, 0.05) is 10.6 Å². The zero-order chi connectivity index (χ0) is 18.3. The highest BCUT2D eigenvalue weighted by molar-refractivity contribution is 6.30. The van der Waals surface area contributed by atoms with Crippen molar-refractivity contribution in [2.24, 2.45) is 0 Å². The Morgan fingerprint density at radius 2 is 2.04 bits per heavy atom. The van der Waals surface area contributed by atoms with E-state index in [1.165, 1.54) is 4.90 Å². The third-order valence-corrected chi connectivity index (χ3v) is 4.95. The summed E-state index contributed by atoms with van der Waals surface area (Å²) < 4.78 is 12.3. The standard InChI is InChI=1S/C18H18ClN3O4/c1-2-26-17(23)8-21-15-9-25-10-16(15)22-14(18(21)24)7-13(20-22)11-3-5-12(19)6-4-11/h3-7,15-16H,2,8-10H2,1H3. The zero-order valence-electron chi connectivity index (χ0n) is 14.2. The van der Waals surface area contributed by atoms with Crippen LogP contribution in [0.4, 0.5) is 0 Å². The van der Waals surface area contributed by atoms with E-state index in [4.69, 9.17) is 21.1 Å². The average molecular weight is 376 g/mol. The number of aromatic nitrogens is 2. The van der Waals surface area contributed by atoms with Crippen molar-refractivity contribution in [1.82, 2.24) is 14.7 Å². The fraction of sp³-hybridized carbons (Fsp3) is 0.389. The number of hydrogen-bond donors (Lipinski definition) is 0. The highest BCUT2D eigenvalue weighted by Gasteiger charge is 2.45. The minimum absolute atomic E-state index is 0.0847. The lowest BCUT2D eigenvalue weighted by Crippen LogP contribution is -2.52. The fourth-order valence-corrected chi connectivity index (χ4v) is 3.59. The predicted octanol–water partition coefficient (Wildman–Crippen LogP) is 2.16. The number of carbonyl (C=O) groups excluding carboxylic acids is 2. The SMILES string of the molecule is CCOC(=O)CN1C(=O)c2cc(-c3ccc(Cl)cc3)nn2C2COCC21. The van der Waals surface area contributed by atoms with E-state index in [9.17, 15) is 9.59 Å². The maximum Gasteiger partial charge on any atom is 0.325 e. The zero-order valence-corrected chi connectivity index (χ0v) is 15.0. The molecule has 1 aromatic heterocycles. The highest BCUT2D eigenvalue weighted by atomic mass is 35.5. The van der Waals surface area contributed by atoms with Crippen LogP contribution in [0.15, 0.2) is 30.3 Å². The normalized spacial score (nSPS) is 21.5. The van der Waals surface area contributed by atoms with Gasteiger partial charge in [-0.1, -0.05) is 23.7 Å². The number of hydrogen-bond acceptors (Lipinski definition) is 5. The van der Waals surface area contributed by atoms with Gasteiger partial charge in [0.2, 0.25) is 0 Å². The van der Waals surface area contributed by atoms with Crippen molar-refractivity contribution in [2.45, 2.75) is 19.0 Å². The number of rotatable bonds is 4. The molecule has 0 N–H and O–H groups in total. The molecule has 0 bridgehead atoms.